The molecule has 1 unspecified atom stereocenters. The molecule has 0 saturated carbocycles. The molecular formula is C14H23N3O3. The molecule has 1 aliphatic rings. The monoisotopic (exact) mass is 281 g/mol. The smallest absolute Gasteiger partial charge is 0.311 e. The molecule has 2 N–H and O–H groups in total. The van der Waals surface area contributed by atoms with Crippen LogP contribution in [0.1, 0.15) is 25.8 Å². The topological polar surface area (TPSA) is 78.6 Å². The summed E-state index contributed by atoms with van der Waals surface area (Å²) in [5, 5.41) is 22.6. The first-order chi connectivity index (χ1) is 9.48. The van der Waals surface area contributed by atoms with Gasteiger partial charge in [0, 0.05) is 24.8 Å². The maximum Gasteiger partial charge on any atom is 0.311 e. The Kier molecular flexibility index (Phi) is 4.45. The van der Waals surface area contributed by atoms with Crippen LogP contribution in [-0.4, -0.2) is 50.6 Å². The first-order valence-electron chi connectivity index (χ1n) is 7.06. The zero-order chi connectivity index (χ0) is 14.8. The summed E-state index contributed by atoms with van der Waals surface area (Å²) >= 11 is 0. The molecule has 1 aromatic heterocycles. The number of aliphatic carboxylic acids is 1. The maximum absolute atomic E-state index is 11.6. The summed E-state index contributed by atoms with van der Waals surface area (Å²) in [5.74, 6) is -0.562. The van der Waals surface area contributed by atoms with Gasteiger partial charge in [0.25, 0.3) is 0 Å². The fraction of sp³-hybridized carbons (Fsp3) is 0.714. The molecule has 1 atom stereocenters. The van der Waals surface area contributed by atoms with Gasteiger partial charge in [-0.25, -0.2) is 0 Å². The molecule has 0 radical (unpaired) electrons. The third kappa shape index (κ3) is 2.86. The van der Waals surface area contributed by atoms with E-state index in [-0.39, 0.29) is 12.5 Å². The van der Waals surface area contributed by atoms with E-state index in [4.69, 9.17) is 5.11 Å². The highest BCUT2D eigenvalue weighted by Gasteiger charge is 2.47. The van der Waals surface area contributed by atoms with Gasteiger partial charge < -0.3 is 10.2 Å². The third-order valence-electron chi connectivity index (χ3n) is 4.33. The van der Waals surface area contributed by atoms with Crippen LogP contribution in [-0.2, 0) is 17.9 Å². The van der Waals surface area contributed by atoms with Crippen molar-refractivity contribution in [1.82, 2.24) is 14.7 Å². The van der Waals surface area contributed by atoms with Gasteiger partial charge in [0.15, 0.2) is 0 Å². The minimum absolute atomic E-state index is 0.0698. The van der Waals surface area contributed by atoms with Crippen molar-refractivity contribution < 1.29 is 15.0 Å². The molecule has 6 heteroatoms. The number of hydrogen-bond acceptors (Lipinski definition) is 4. The zero-order valence-corrected chi connectivity index (χ0v) is 12.1. The molecule has 1 fully saturated rings. The minimum Gasteiger partial charge on any atom is -0.481 e. The largest absolute Gasteiger partial charge is 0.481 e. The third-order valence-corrected chi connectivity index (χ3v) is 4.33. The predicted molar refractivity (Wildman–Crippen MR) is 74.1 cm³/mol. The highest BCUT2D eigenvalue weighted by Crippen LogP contribution is 2.38. The number of carboxylic acids is 1. The average Bonchev–Trinajstić information content (AvgIpc) is 2.98. The lowest BCUT2D eigenvalue weighted by molar-refractivity contribution is -0.151. The van der Waals surface area contributed by atoms with Crippen molar-refractivity contribution >= 4 is 5.97 Å². The number of carboxylic acid groups (broad SMARTS) is 1. The van der Waals surface area contributed by atoms with Crippen LogP contribution >= 0.6 is 0 Å². The van der Waals surface area contributed by atoms with E-state index in [9.17, 15) is 9.90 Å². The van der Waals surface area contributed by atoms with E-state index in [1.807, 2.05) is 20.0 Å². The number of aromatic nitrogens is 2. The quantitative estimate of drug-likeness (QED) is 0.806. The summed E-state index contributed by atoms with van der Waals surface area (Å²) in [6.45, 7) is 6.63. The molecule has 2 heterocycles. The second kappa shape index (κ2) is 5.93. The van der Waals surface area contributed by atoms with E-state index in [0.29, 0.717) is 26.1 Å². The fourth-order valence-corrected chi connectivity index (χ4v) is 2.91. The first-order valence-corrected chi connectivity index (χ1v) is 7.06. The summed E-state index contributed by atoms with van der Waals surface area (Å²) in [5.41, 5.74) is 0.435. The Morgan fingerprint density at radius 1 is 1.55 bits per heavy atom. The van der Waals surface area contributed by atoms with Crippen LogP contribution in [0.3, 0.4) is 0 Å². The van der Waals surface area contributed by atoms with Gasteiger partial charge in [-0.2, -0.15) is 5.10 Å². The van der Waals surface area contributed by atoms with E-state index in [0.717, 1.165) is 12.1 Å². The minimum atomic E-state index is -0.689. The maximum atomic E-state index is 11.6. The summed E-state index contributed by atoms with van der Waals surface area (Å²) in [7, 11) is 0. The second-order valence-electron chi connectivity index (χ2n) is 5.91. The van der Waals surface area contributed by atoms with Crippen molar-refractivity contribution in [3.05, 3.63) is 18.0 Å². The van der Waals surface area contributed by atoms with Crippen molar-refractivity contribution in [2.75, 3.05) is 19.7 Å². The van der Waals surface area contributed by atoms with E-state index >= 15 is 0 Å². The van der Waals surface area contributed by atoms with Gasteiger partial charge in [0.05, 0.1) is 24.8 Å². The summed E-state index contributed by atoms with van der Waals surface area (Å²) in [6, 6.07) is 0. The number of rotatable bonds is 6. The Bertz CT molecular complexity index is 472. The van der Waals surface area contributed by atoms with Crippen molar-refractivity contribution in [3.8, 4) is 0 Å². The van der Waals surface area contributed by atoms with Gasteiger partial charge in [-0.3, -0.25) is 14.4 Å². The highest BCUT2D eigenvalue weighted by atomic mass is 16.4. The Hall–Kier alpha value is -1.40. The molecule has 0 aliphatic carbocycles. The number of aliphatic hydroxyl groups is 1. The van der Waals surface area contributed by atoms with Gasteiger partial charge in [-0.15, -0.1) is 0 Å². The Morgan fingerprint density at radius 3 is 2.85 bits per heavy atom. The molecule has 1 aliphatic heterocycles. The zero-order valence-electron chi connectivity index (χ0n) is 12.1. The Labute approximate surface area is 119 Å². The standard InChI is InChI=1S/C14H23N3O3/c1-11(2)14(13(19)20)3-4-16(10-14)8-12-7-15-17(9-12)5-6-18/h7,9,11,18H,3-6,8,10H2,1-2H3,(H,19,20). The summed E-state index contributed by atoms with van der Waals surface area (Å²) in [4.78, 5) is 13.8. The van der Waals surface area contributed by atoms with Gasteiger partial charge in [0.2, 0.25) is 0 Å². The Morgan fingerprint density at radius 2 is 2.30 bits per heavy atom. The van der Waals surface area contributed by atoms with Gasteiger partial charge in [0.1, 0.15) is 0 Å². The summed E-state index contributed by atoms with van der Waals surface area (Å²) < 4.78 is 1.71. The van der Waals surface area contributed by atoms with Crippen LogP contribution < -0.4 is 0 Å². The number of aliphatic hydroxyl groups excluding tert-OH is 1. The molecular weight excluding hydrogens is 258 g/mol. The number of nitrogens with zero attached hydrogens (tertiary/aromatic N) is 3. The van der Waals surface area contributed by atoms with E-state index in [1.165, 1.54) is 0 Å². The molecule has 0 amide bonds. The van der Waals surface area contributed by atoms with E-state index in [2.05, 4.69) is 10.00 Å². The average molecular weight is 281 g/mol. The second-order valence-corrected chi connectivity index (χ2v) is 5.91. The normalized spacial score (nSPS) is 23.6. The van der Waals surface area contributed by atoms with Crippen LogP contribution in [0.15, 0.2) is 12.4 Å². The molecule has 20 heavy (non-hydrogen) atoms. The predicted octanol–water partition coefficient (Wildman–Crippen LogP) is 0.808. The van der Waals surface area contributed by atoms with Crippen molar-refractivity contribution in [1.29, 1.82) is 0 Å². The van der Waals surface area contributed by atoms with E-state index in [1.54, 1.807) is 10.9 Å². The lowest BCUT2D eigenvalue weighted by atomic mass is 9.76. The van der Waals surface area contributed by atoms with Gasteiger partial charge >= 0.3 is 5.97 Å². The molecule has 1 aromatic rings. The van der Waals surface area contributed by atoms with Crippen LogP contribution in [0, 0.1) is 11.3 Å². The van der Waals surface area contributed by atoms with Gasteiger partial charge in [-0.05, 0) is 18.9 Å². The lowest BCUT2D eigenvalue weighted by Gasteiger charge is -2.28. The summed E-state index contributed by atoms with van der Waals surface area (Å²) in [6.07, 6.45) is 4.39. The van der Waals surface area contributed by atoms with Crippen LogP contribution in [0.25, 0.3) is 0 Å². The number of carbonyl (C=O) groups is 1. The molecule has 112 valence electrons. The Balaban J connectivity index is 2.00. The first kappa shape index (κ1) is 15.0. The molecule has 0 aromatic carbocycles. The molecule has 6 nitrogen and oxygen atoms in total. The highest BCUT2D eigenvalue weighted by molar-refractivity contribution is 5.75. The lowest BCUT2D eigenvalue weighted by Crippen LogP contribution is -2.39. The van der Waals surface area contributed by atoms with Gasteiger partial charge in [-0.1, -0.05) is 13.8 Å². The molecule has 1 saturated heterocycles. The van der Waals surface area contributed by atoms with E-state index < -0.39 is 11.4 Å². The van der Waals surface area contributed by atoms with Crippen LogP contribution in [0.2, 0.25) is 0 Å². The van der Waals surface area contributed by atoms with Crippen molar-refractivity contribution in [3.63, 3.8) is 0 Å². The molecule has 0 spiro atoms. The van der Waals surface area contributed by atoms with Crippen molar-refractivity contribution in [2.24, 2.45) is 11.3 Å². The fourth-order valence-electron chi connectivity index (χ4n) is 2.91. The molecule has 2 rings (SSSR count). The number of likely N-dealkylation sites (tertiary alicyclic amines) is 1. The molecule has 0 bridgehead atoms. The SMILES string of the molecule is CC(C)C1(C(=O)O)CCN(Cc2cnn(CCO)c2)C1. The van der Waals surface area contributed by atoms with Crippen molar-refractivity contribution in [2.45, 2.75) is 33.4 Å². The number of hydrogen-bond donors (Lipinski definition) is 2. The van der Waals surface area contributed by atoms with Crippen LogP contribution in [0.4, 0.5) is 0 Å². The van der Waals surface area contributed by atoms with Crippen LogP contribution in [0.5, 0.6) is 0 Å².